The number of alkyl halides is 3. The van der Waals surface area contributed by atoms with Crippen LogP contribution in [0.3, 0.4) is 0 Å². The van der Waals surface area contributed by atoms with E-state index in [1.165, 1.54) is 0 Å². The monoisotopic (exact) mass is 299 g/mol. The number of nitrogen functional groups attached to an aromatic ring is 1. The molecule has 0 aliphatic carbocycles. The number of carbonyl (C=O) groups is 1. The molecule has 0 bridgehead atoms. The fourth-order valence-electron chi connectivity index (χ4n) is 0.962. The smallest absolute Gasteiger partial charge is 0.478 e. The van der Waals surface area contributed by atoms with Crippen LogP contribution in [0.5, 0.6) is 5.75 Å². The van der Waals surface area contributed by atoms with Gasteiger partial charge in [-0.25, -0.2) is 4.79 Å². The predicted octanol–water partition coefficient (Wildman–Crippen LogP) is 2.63. The lowest BCUT2D eigenvalue weighted by Crippen LogP contribution is -2.17. The molecule has 0 aliphatic heterocycles. The molecule has 88 valence electrons. The van der Waals surface area contributed by atoms with Gasteiger partial charge in [-0.05, 0) is 28.1 Å². The molecule has 0 spiro atoms. The molecule has 0 amide bonds. The quantitative estimate of drug-likeness (QED) is 0.824. The molecule has 1 aromatic carbocycles. The molecule has 1 rings (SSSR count). The zero-order chi connectivity index (χ0) is 12.5. The average Bonchev–Trinajstić information content (AvgIpc) is 2.07. The van der Waals surface area contributed by atoms with Gasteiger partial charge in [-0.2, -0.15) is 0 Å². The van der Waals surface area contributed by atoms with Crippen molar-refractivity contribution in [2.24, 2.45) is 0 Å². The molecule has 0 radical (unpaired) electrons. The van der Waals surface area contributed by atoms with Gasteiger partial charge in [-0.15, -0.1) is 13.2 Å². The Bertz CT molecular complexity index is 433. The fraction of sp³-hybridized carbons (Fsp3) is 0.125. The molecule has 0 saturated carbocycles. The zero-order valence-corrected chi connectivity index (χ0v) is 9.09. The van der Waals surface area contributed by atoms with E-state index in [-0.39, 0.29) is 10.2 Å². The standard InChI is InChI=1S/C8H5BrF3NO3/c9-5-2-3(16-8(10,11)12)1-4(6(5)13)7(14)15/h1-2H,13H2,(H,14,15). The summed E-state index contributed by atoms with van der Waals surface area (Å²) in [6, 6.07) is 1.64. The number of ether oxygens (including phenoxy) is 1. The second-order valence-corrected chi connectivity index (χ2v) is 3.57. The van der Waals surface area contributed by atoms with Gasteiger partial charge in [0.25, 0.3) is 0 Å². The number of carboxylic acid groups (broad SMARTS) is 1. The van der Waals surface area contributed by atoms with Crippen LogP contribution in [-0.4, -0.2) is 17.4 Å². The van der Waals surface area contributed by atoms with E-state index in [2.05, 4.69) is 20.7 Å². The molecule has 0 heterocycles. The summed E-state index contributed by atoms with van der Waals surface area (Å²) in [7, 11) is 0. The Morgan fingerprint density at radius 1 is 1.44 bits per heavy atom. The van der Waals surface area contributed by atoms with Gasteiger partial charge in [0.1, 0.15) is 5.75 Å². The molecule has 16 heavy (non-hydrogen) atoms. The molecular weight excluding hydrogens is 295 g/mol. The number of aromatic carboxylic acids is 1. The Hall–Kier alpha value is -1.44. The lowest BCUT2D eigenvalue weighted by molar-refractivity contribution is -0.274. The number of rotatable bonds is 2. The molecule has 0 fully saturated rings. The molecular formula is C8H5BrF3NO3. The first-order valence-electron chi connectivity index (χ1n) is 3.79. The molecule has 0 aromatic heterocycles. The van der Waals surface area contributed by atoms with Crippen molar-refractivity contribution >= 4 is 27.6 Å². The Kier molecular flexibility index (Phi) is 3.32. The van der Waals surface area contributed by atoms with Gasteiger partial charge in [0.05, 0.1) is 11.3 Å². The summed E-state index contributed by atoms with van der Waals surface area (Å²) in [5, 5.41) is 8.68. The van der Waals surface area contributed by atoms with E-state index in [0.29, 0.717) is 6.07 Å². The van der Waals surface area contributed by atoms with E-state index in [0.717, 1.165) is 6.07 Å². The second kappa shape index (κ2) is 4.20. The maximum absolute atomic E-state index is 11.9. The Balaban J connectivity index is 3.19. The van der Waals surface area contributed by atoms with E-state index < -0.39 is 23.6 Å². The molecule has 3 N–H and O–H groups in total. The van der Waals surface area contributed by atoms with Crippen LogP contribution in [0.2, 0.25) is 0 Å². The zero-order valence-electron chi connectivity index (χ0n) is 7.51. The van der Waals surface area contributed by atoms with Crippen LogP contribution in [0.25, 0.3) is 0 Å². The van der Waals surface area contributed by atoms with E-state index in [1.807, 2.05) is 0 Å². The summed E-state index contributed by atoms with van der Waals surface area (Å²) in [4.78, 5) is 10.7. The maximum Gasteiger partial charge on any atom is 0.573 e. The third kappa shape index (κ3) is 3.02. The van der Waals surface area contributed by atoms with Crippen LogP contribution in [-0.2, 0) is 0 Å². The van der Waals surface area contributed by atoms with Crippen LogP contribution in [0.15, 0.2) is 16.6 Å². The normalized spacial score (nSPS) is 11.2. The van der Waals surface area contributed by atoms with Gasteiger partial charge in [0, 0.05) is 4.47 Å². The summed E-state index contributed by atoms with van der Waals surface area (Å²) >= 11 is 2.84. The van der Waals surface area contributed by atoms with Crippen molar-refractivity contribution in [3.63, 3.8) is 0 Å². The lowest BCUT2D eigenvalue weighted by Gasteiger charge is -2.11. The van der Waals surface area contributed by atoms with Gasteiger partial charge >= 0.3 is 12.3 Å². The van der Waals surface area contributed by atoms with Gasteiger partial charge < -0.3 is 15.6 Å². The highest BCUT2D eigenvalue weighted by atomic mass is 79.9. The lowest BCUT2D eigenvalue weighted by atomic mass is 10.2. The summed E-state index contributed by atoms with van der Waals surface area (Å²) in [5.74, 6) is -2.09. The molecule has 8 heteroatoms. The van der Waals surface area contributed by atoms with E-state index >= 15 is 0 Å². The number of nitrogens with two attached hydrogens (primary N) is 1. The highest BCUT2D eigenvalue weighted by molar-refractivity contribution is 9.10. The highest BCUT2D eigenvalue weighted by Gasteiger charge is 2.31. The third-order valence-electron chi connectivity index (χ3n) is 1.57. The van der Waals surface area contributed by atoms with Crippen molar-refractivity contribution in [2.75, 3.05) is 5.73 Å². The van der Waals surface area contributed by atoms with Crippen molar-refractivity contribution < 1.29 is 27.8 Å². The molecule has 0 unspecified atom stereocenters. The number of hydrogen-bond donors (Lipinski definition) is 2. The first-order chi connectivity index (χ1) is 7.20. The second-order valence-electron chi connectivity index (χ2n) is 2.72. The van der Waals surface area contributed by atoms with Crippen LogP contribution < -0.4 is 10.5 Å². The Morgan fingerprint density at radius 3 is 2.44 bits per heavy atom. The highest BCUT2D eigenvalue weighted by Crippen LogP contribution is 2.32. The van der Waals surface area contributed by atoms with Crippen molar-refractivity contribution in [3.05, 3.63) is 22.2 Å². The first-order valence-corrected chi connectivity index (χ1v) is 4.58. The number of carboxylic acids is 1. The average molecular weight is 300 g/mol. The van der Waals surface area contributed by atoms with E-state index in [1.54, 1.807) is 0 Å². The SMILES string of the molecule is Nc1c(Br)cc(OC(F)(F)F)cc1C(=O)O. The van der Waals surface area contributed by atoms with Gasteiger partial charge in [0.15, 0.2) is 0 Å². The molecule has 0 aliphatic rings. The molecule has 1 aromatic rings. The number of anilines is 1. The number of hydrogen-bond acceptors (Lipinski definition) is 3. The summed E-state index contributed by atoms with van der Waals surface area (Å²) in [5.41, 5.74) is 4.72. The van der Waals surface area contributed by atoms with Crippen molar-refractivity contribution in [3.8, 4) is 5.75 Å². The Morgan fingerprint density at radius 2 is 2.00 bits per heavy atom. The van der Waals surface area contributed by atoms with Crippen LogP contribution in [0, 0.1) is 0 Å². The van der Waals surface area contributed by atoms with E-state index in [4.69, 9.17) is 10.8 Å². The van der Waals surface area contributed by atoms with Crippen LogP contribution in [0.1, 0.15) is 10.4 Å². The molecule has 0 saturated heterocycles. The minimum Gasteiger partial charge on any atom is -0.478 e. The van der Waals surface area contributed by atoms with E-state index in [9.17, 15) is 18.0 Å². The minimum atomic E-state index is -4.88. The van der Waals surface area contributed by atoms with Gasteiger partial charge in [-0.3, -0.25) is 0 Å². The van der Waals surface area contributed by atoms with Gasteiger partial charge in [-0.1, -0.05) is 0 Å². The summed E-state index contributed by atoms with van der Waals surface area (Å²) in [6.07, 6.45) is -4.88. The predicted molar refractivity (Wildman–Crippen MR) is 52.2 cm³/mol. The summed E-state index contributed by atoms with van der Waals surface area (Å²) in [6.45, 7) is 0. The van der Waals surface area contributed by atoms with Crippen molar-refractivity contribution in [1.82, 2.24) is 0 Å². The topological polar surface area (TPSA) is 72.5 Å². The summed E-state index contributed by atoms with van der Waals surface area (Å²) < 4.78 is 39.3. The molecule has 0 atom stereocenters. The number of halogens is 4. The number of benzene rings is 1. The first kappa shape index (κ1) is 12.6. The van der Waals surface area contributed by atoms with Crippen molar-refractivity contribution in [1.29, 1.82) is 0 Å². The maximum atomic E-state index is 11.9. The third-order valence-corrected chi connectivity index (χ3v) is 2.22. The van der Waals surface area contributed by atoms with Crippen molar-refractivity contribution in [2.45, 2.75) is 6.36 Å². The largest absolute Gasteiger partial charge is 0.573 e. The van der Waals surface area contributed by atoms with Gasteiger partial charge in [0.2, 0.25) is 0 Å². The fourth-order valence-corrected chi connectivity index (χ4v) is 1.40. The minimum absolute atomic E-state index is 0.0200. The van der Waals surface area contributed by atoms with Crippen LogP contribution in [0.4, 0.5) is 18.9 Å². The van der Waals surface area contributed by atoms with Crippen LogP contribution >= 0.6 is 15.9 Å². The molecule has 4 nitrogen and oxygen atoms in total. The Labute approximate surface area is 95.9 Å².